The number of thioether (sulfide) groups is 1. The molecule has 0 radical (unpaired) electrons. The van der Waals surface area contributed by atoms with E-state index in [-0.39, 0.29) is 11.2 Å². The van der Waals surface area contributed by atoms with Gasteiger partial charge in [0.15, 0.2) is 11.0 Å². The molecule has 0 aliphatic heterocycles. The number of nitrogens with zero attached hydrogens (tertiary/aromatic N) is 4. The Kier molecular flexibility index (Phi) is 7.39. The maximum atomic E-state index is 13.2. The highest BCUT2D eigenvalue weighted by atomic mass is 32.2. The largest absolute Gasteiger partial charge is 0.338 e. The molecule has 1 atom stereocenters. The zero-order valence-electron chi connectivity index (χ0n) is 18.2. The second-order valence-electron chi connectivity index (χ2n) is 7.45. The van der Waals surface area contributed by atoms with Gasteiger partial charge in [-0.05, 0) is 36.4 Å². The number of amides is 1. The van der Waals surface area contributed by atoms with Crippen LogP contribution in [0.5, 0.6) is 0 Å². The van der Waals surface area contributed by atoms with Gasteiger partial charge in [0, 0.05) is 13.1 Å². The third-order valence-electron chi connectivity index (χ3n) is 5.18. The molecule has 2 aromatic carbocycles. The number of aromatic nitrogens is 3. The van der Waals surface area contributed by atoms with Crippen LogP contribution in [0.4, 0.5) is 0 Å². The number of rotatable bonds is 9. The maximum absolute atomic E-state index is 13.2. The summed E-state index contributed by atoms with van der Waals surface area (Å²) >= 11 is 3.11. The van der Waals surface area contributed by atoms with Crippen molar-refractivity contribution in [2.24, 2.45) is 0 Å². The standard InChI is InChI=1S/C25H26N4OS2/c1-3-28(17-20-11-6-4-7-12-20)24(30)19(2)32-25-27-26-23(22-15-10-16-31-22)29(25)18-21-13-8-5-9-14-21/h4-16,19H,3,17-18H2,1-2H3. The lowest BCUT2D eigenvalue weighted by atomic mass is 10.2. The summed E-state index contributed by atoms with van der Waals surface area (Å²) in [6, 6.07) is 24.4. The highest BCUT2D eigenvalue weighted by Gasteiger charge is 2.24. The van der Waals surface area contributed by atoms with Gasteiger partial charge in [-0.3, -0.25) is 9.36 Å². The summed E-state index contributed by atoms with van der Waals surface area (Å²) in [4.78, 5) is 16.2. The highest BCUT2D eigenvalue weighted by molar-refractivity contribution is 8.00. The van der Waals surface area contributed by atoms with Gasteiger partial charge in [-0.1, -0.05) is 78.5 Å². The van der Waals surface area contributed by atoms with Crippen LogP contribution in [0.2, 0.25) is 0 Å². The Hall–Kier alpha value is -2.90. The summed E-state index contributed by atoms with van der Waals surface area (Å²) in [5, 5.41) is 11.5. The molecule has 0 bridgehead atoms. The van der Waals surface area contributed by atoms with Gasteiger partial charge < -0.3 is 4.90 Å². The molecule has 2 heterocycles. The van der Waals surface area contributed by atoms with Crippen molar-refractivity contribution in [2.45, 2.75) is 37.3 Å². The summed E-state index contributed by atoms with van der Waals surface area (Å²) in [6.07, 6.45) is 0. The third-order valence-corrected chi connectivity index (χ3v) is 7.12. The Morgan fingerprint density at radius 3 is 2.31 bits per heavy atom. The van der Waals surface area contributed by atoms with Crippen LogP contribution in [0.25, 0.3) is 10.7 Å². The molecule has 164 valence electrons. The van der Waals surface area contributed by atoms with Gasteiger partial charge in [-0.15, -0.1) is 21.5 Å². The van der Waals surface area contributed by atoms with Crippen molar-refractivity contribution >= 4 is 29.0 Å². The van der Waals surface area contributed by atoms with Crippen LogP contribution in [0.15, 0.2) is 83.3 Å². The zero-order valence-corrected chi connectivity index (χ0v) is 19.9. The van der Waals surface area contributed by atoms with Crippen LogP contribution in [-0.4, -0.2) is 37.4 Å². The second kappa shape index (κ2) is 10.6. The SMILES string of the molecule is CCN(Cc1ccccc1)C(=O)C(C)Sc1nnc(-c2cccs2)n1Cc1ccccc1. The monoisotopic (exact) mass is 462 g/mol. The lowest BCUT2D eigenvalue weighted by molar-refractivity contribution is -0.130. The molecule has 4 aromatic rings. The molecule has 2 aromatic heterocycles. The van der Waals surface area contributed by atoms with E-state index >= 15 is 0 Å². The summed E-state index contributed by atoms with van der Waals surface area (Å²) in [5.41, 5.74) is 2.30. The summed E-state index contributed by atoms with van der Waals surface area (Å²) in [7, 11) is 0. The van der Waals surface area contributed by atoms with Crippen LogP contribution in [0.3, 0.4) is 0 Å². The molecule has 4 rings (SSSR count). The lowest BCUT2D eigenvalue weighted by Gasteiger charge is -2.24. The van der Waals surface area contributed by atoms with Crippen LogP contribution in [0.1, 0.15) is 25.0 Å². The van der Waals surface area contributed by atoms with E-state index in [1.165, 1.54) is 17.3 Å². The first kappa shape index (κ1) is 22.3. The van der Waals surface area contributed by atoms with Crippen molar-refractivity contribution in [3.8, 4) is 10.7 Å². The maximum Gasteiger partial charge on any atom is 0.236 e. The molecule has 0 saturated heterocycles. The van der Waals surface area contributed by atoms with Crippen molar-refractivity contribution in [2.75, 3.05) is 6.54 Å². The van der Waals surface area contributed by atoms with Crippen LogP contribution >= 0.6 is 23.1 Å². The quantitative estimate of drug-likeness (QED) is 0.305. The average molecular weight is 463 g/mol. The molecular weight excluding hydrogens is 436 g/mol. The van der Waals surface area contributed by atoms with E-state index in [0.717, 1.165) is 21.4 Å². The van der Waals surface area contributed by atoms with Gasteiger partial charge in [0.2, 0.25) is 5.91 Å². The van der Waals surface area contributed by atoms with Gasteiger partial charge in [0.1, 0.15) is 0 Å². The fraction of sp³-hybridized carbons (Fsp3) is 0.240. The van der Waals surface area contributed by atoms with Gasteiger partial charge in [0.05, 0.1) is 16.7 Å². The van der Waals surface area contributed by atoms with Crippen molar-refractivity contribution in [3.63, 3.8) is 0 Å². The predicted octanol–water partition coefficient (Wildman–Crippen LogP) is 5.58. The third kappa shape index (κ3) is 5.29. The minimum atomic E-state index is -0.270. The first-order valence-corrected chi connectivity index (χ1v) is 12.4. The molecule has 1 unspecified atom stereocenters. The van der Waals surface area contributed by atoms with Crippen LogP contribution in [-0.2, 0) is 17.9 Å². The van der Waals surface area contributed by atoms with Gasteiger partial charge >= 0.3 is 0 Å². The van der Waals surface area contributed by atoms with E-state index in [9.17, 15) is 4.79 Å². The number of hydrogen-bond donors (Lipinski definition) is 0. The predicted molar refractivity (Wildman–Crippen MR) is 132 cm³/mol. The Bertz CT molecular complexity index is 1130. The molecule has 0 aliphatic rings. The van der Waals surface area contributed by atoms with E-state index in [2.05, 4.69) is 45.1 Å². The Morgan fingerprint density at radius 1 is 1.00 bits per heavy atom. The number of carbonyl (C=O) groups is 1. The summed E-state index contributed by atoms with van der Waals surface area (Å²) in [6.45, 7) is 5.90. The summed E-state index contributed by atoms with van der Waals surface area (Å²) in [5.74, 6) is 0.941. The van der Waals surface area contributed by atoms with Crippen molar-refractivity contribution in [3.05, 3.63) is 89.3 Å². The molecular formula is C25H26N4OS2. The number of carbonyl (C=O) groups excluding carboxylic acids is 1. The van der Waals surface area contributed by atoms with E-state index in [0.29, 0.717) is 19.6 Å². The van der Waals surface area contributed by atoms with E-state index in [1.807, 2.05) is 66.6 Å². The van der Waals surface area contributed by atoms with Gasteiger partial charge in [-0.25, -0.2) is 0 Å². The average Bonchev–Trinajstić information content (AvgIpc) is 3.49. The van der Waals surface area contributed by atoms with E-state index < -0.39 is 0 Å². The van der Waals surface area contributed by atoms with E-state index in [4.69, 9.17) is 0 Å². The number of benzene rings is 2. The molecule has 5 nitrogen and oxygen atoms in total. The first-order valence-electron chi connectivity index (χ1n) is 10.7. The highest BCUT2D eigenvalue weighted by Crippen LogP contribution is 2.30. The minimum absolute atomic E-state index is 0.105. The van der Waals surface area contributed by atoms with Crippen molar-refractivity contribution in [1.82, 2.24) is 19.7 Å². The molecule has 7 heteroatoms. The Balaban J connectivity index is 1.55. The molecule has 0 saturated carbocycles. The fourth-order valence-corrected chi connectivity index (χ4v) is 5.14. The zero-order chi connectivity index (χ0) is 22.3. The number of thiophene rings is 1. The minimum Gasteiger partial charge on any atom is -0.338 e. The Morgan fingerprint density at radius 2 is 1.69 bits per heavy atom. The normalized spacial score (nSPS) is 11.9. The lowest BCUT2D eigenvalue weighted by Crippen LogP contribution is -2.36. The molecule has 0 N–H and O–H groups in total. The second-order valence-corrected chi connectivity index (χ2v) is 9.71. The molecule has 32 heavy (non-hydrogen) atoms. The Labute approximate surface area is 197 Å². The van der Waals surface area contributed by atoms with Gasteiger partial charge in [0.25, 0.3) is 0 Å². The fourth-order valence-electron chi connectivity index (χ4n) is 3.49. The molecule has 0 aliphatic carbocycles. The topological polar surface area (TPSA) is 51.0 Å². The van der Waals surface area contributed by atoms with E-state index in [1.54, 1.807) is 11.3 Å². The van der Waals surface area contributed by atoms with Gasteiger partial charge in [-0.2, -0.15) is 0 Å². The number of hydrogen-bond acceptors (Lipinski definition) is 5. The van der Waals surface area contributed by atoms with Crippen molar-refractivity contribution < 1.29 is 4.79 Å². The smallest absolute Gasteiger partial charge is 0.236 e. The van der Waals surface area contributed by atoms with Crippen molar-refractivity contribution in [1.29, 1.82) is 0 Å². The first-order chi connectivity index (χ1) is 15.7. The summed E-state index contributed by atoms with van der Waals surface area (Å²) < 4.78 is 2.11. The molecule has 0 spiro atoms. The molecule has 1 amide bonds. The van der Waals surface area contributed by atoms with Crippen LogP contribution in [0, 0.1) is 0 Å². The van der Waals surface area contributed by atoms with Crippen LogP contribution < -0.4 is 0 Å². The molecule has 0 fully saturated rings.